The topological polar surface area (TPSA) is 50.3 Å². The molecule has 6 aromatic rings. The summed E-state index contributed by atoms with van der Waals surface area (Å²) in [5.74, 6) is 0.458. The number of aryl methyl sites for hydroxylation is 2. The number of fused-ring (bicyclic) bond motifs is 5. The molecule has 2 aliphatic carbocycles. The third-order valence-electron chi connectivity index (χ3n) is 9.20. The van der Waals surface area contributed by atoms with Gasteiger partial charge in [0.25, 0.3) is 0 Å². The first-order chi connectivity index (χ1) is 21.7. The fraction of sp³-hybridized carbons (Fsp3) is 0.125. The quantitative estimate of drug-likeness (QED) is 0.149. The number of rotatable bonds is 4. The van der Waals surface area contributed by atoms with E-state index in [4.69, 9.17) is 4.98 Å². The fourth-order valence-corrected chi connectivity index (χ4v) is 7.93. The van der Waals surface area contributed by atoms with Gasteiger partial charge < -0.3 is 0 Å². The van der Waals surface area contributed by atoms with Crippen molar-refractivity contribution in [1.29, 1.82) is 0 Å². The highest BCUT2D eigenvalue weighted by Crippen LogP contribution is 2.53. The Bertz CT molecular complexity index is 2140. The third kappa shape index (κ3) is 4.30. The van der Waals surface area contributed by atoms with Crippen molar-refractivity contribution in [1.82, 2.24) is 4.98 Å². The van der Waals surface area contributed by atoms with E-state index in [1.165, 1.54) is 22.3 Å². The van der Waals surface area contributed by atoms with E-state index in [-0.39, 0.29) is 22.6 Å². The summed E-state index contributed by atoms with van der Waals surface area (Å²) in [4.78, 5) is 36.1. The maximum atomic E-state index is 13.4. The molecule has 45 heavy (non-hydrogen) atoms. The lowest BCUT2D eigenvalue weighted by Crippen LogP contribution is -2.17. The largest absolute Gasteiger partial charge is 0.295 e. The number of anilines is 3. The Morgan fingerprint density at radius 2 is 1.24 bits per heavy atom. The number of nitrogens with zero attached hydrogens (tertiary/aromatic N) is 2. The minimum Gasteiger partial charge on any atom is -0.295 e. The Kier molecular flexibility index (Phi) is 6.06. The number of pyridine rings is 1. The number of ketones is 2. The van der Waals surface area contributed by atoms with E-state index in [9.17, 15) is 9.59 Å². The zero-order valence-electron chi connectivity index (χ0n) is 25.5. The van der Waals surface area contributed by atoms with Gasteiger partial charge in [0.15, 0.2) is 11.6 Å². The van der Waals surface area contributed by atoms with Crippen molar-refractivity contribution >= 4 is 56.9 Å². The first-order valence-electron chi connectivity index (χ1n) is 15.1. The molecule has 2 aromatic heterocycles. The van der Waals surface area contributed by atoms with Gasteiger partial charge in [0.2, 0.25) is 0 Å². The molecule has 2 aliphatic rings. The smallest absolute Gasteiger partial charge is 0.197 e. The van der Waals surface area contributed by atoms with E-state index >= 15 is 0 Å². The van der Waals surface area contributed by atoms with Crippen LogP contribution >= 0.6 is 11.3 Å². The van der Waals surface area contributed by atoms with Gasteiger partial charge in [-0.25, -0.2) is 4.98 Å². The van der Waals surface area contributed by atoms with Gasteiger partial charge in [-0.1, -0.05) is 73.5 Å². The van der Waals surface area contributed by atoms with E-state index in [0.29, 0.717) is 11.1 Å². The van der Waals surface area contributed by atoms with Crippen molar-refractivity contribution < 1.29 is 9.59 Å². The van der Waals surface area contributed by atoms with Crippen molar-refractivity contribution in [3.8, 4) is 10.4 Å². The molecule has 0 spiro atoms. The van der Waals surface area contributed by atoms with E-state index in [1.807, 2.05) is 42.6 Å². The molecule has 4 aromatic carbocycles. The molecule has 5 heteroatoms. The van der Waals surface area contributed by atoms with Crippen LogP contribution in [0.15, 0.2) is 109 Å². The number of carbonyl (C=O) groups is 2. The number of benzene rings is 4. The molecule has 0 atom stereocenters. The van der Waals surface area contributed by atoms with Crippen molar-refractivity contribution in [3.63, 3.8) is 0 Å². The van der Waals surface area contributed by atoms with E-state index in [2.05, 4.69) is 93.3 Å². The summed E-state index contributed by atoms with van der Waals surface area (Å²) in [6.45, 7) is 8.66. The molecule has 0 aliphatic heterocycles. The lowest BCUT2D eigenvalue weighted by Gasteiger charge is -2.27. The highest BCUT2D eigenvalue weighted by molar-refractivity contribution is 7.16. The molecule has 0 amide bonds. The number of allylic oxidation sites excluding steroid dienone is 1. The summed E-state index contributed by atoms with van der Waals surface area (Å²) < 4.78 is 0. The third-order valence-corrected chi connectivity index (χ3v) is 10.3. The minimum absolute atomic E-state index is 0.201. The van der Waals surface area contributed by atoms with Crippen LogP contribution in [0.2, 0.25) is 0 Å². The zero-order valence-corrected chi connectivity index (χ0v) is 26.3. The lowest BCUT2D eigenvalue weighted by molar-refractivity contribution is 0.0990. The van der Waals surface area contributed by atoms with Crippen LogP contribution in [0, 0.1) is 13.8 Å². The van der Waals surface area contributed by atoms with Crippen molar-refractivity contribution in [2.24, 2.45) is 0 Å². The number of hydrogen-bond donors (Lipinski definition) is 0. The minimum atomic E-state index is -0.285. The van der Waals surface area contributed by atoms with Crippen molar-refractivity contribution in [3.05, 3.63) is 147 Å². The summed E-state index contributed by atoms with van der Waals surface area (Å²) >= 11 is 1.62. The van der Waals surface area contributed by atoms with Crippen molar-refractivity contribution in [2.45, 2.75) is 33.1 Å². The molecule has 0 fully saturated rings. The number of aromatic nitrogens is 1. The zero-order chi connectivity index (χ0) is 31.0. The number of thiophene rings is 1. The molecule has 0 N–H and O–H groups in total. The summed E-state index contributed by atoms with van der Waals surface area (Å²) in [6.07, 6.45) is 3.76. The summed E-state index contributed by atoms with van der Waals surface area (Å²) in [6, 6.07) is 32.9. The van der Waals surface area contributed by atoms with Crippen LogP contribution in [-0.4, -0.2) is 16.6 Å². The van der Waals surface area contributed by atoms with Gasteiger partial charge in [0.05, 0.1) is 5.57 Å². The highest BCUT2D eigenvalue weighted by atomic mass is 32.1. The molecule has 0 unspecified atom stereocenters. The number of Topliss-reactive ketones (excluding diaryl/α,β-unsaturated/α-hetero) is 2. The Morgan fingerprint density at radius 3 is 1.80 bits per heavy atom. The monoisotopic (exact) mass is 602 g/mol. The van der Waals surface area contributed by atoms with E-state index < -0.39 is 0 Å². The standard InChI is InChI=1S/C40H30N2O2S/c1-23-9-13-27(14-10-23)42(28-15-11-24(2)12-16-28)36-21-34-33(22-41-36)39-35(40(34,3)4)20-29(45-39)19-32-37(43)30-17-25-7-5-6-8-26(25)18-31(30)38(32)44/h5-22H,1-4H3. The molecule has 2 heterocycles. The first-order valence-corrected chi connectivity index (χ1v) is 15.9. The van der Waals surface area contributed by atoms with Gasteiger partial charge >= 0.3 is 0 Å². The van der Waals surface area contributed by atoms with Crippen LogP contribution < -0.4 is 4.90 Å². The average molecular weight is 603 g/mol. The normalized spacial score (nSPS) is 14.4. The van der Waals surface area contributed by atoms with Crippen LogP contribution in [0.1, 0.15) is 61.7 Å². The molecule has 0 saturated carbocycles. The highest BCUT2D eigenvalue weighted by Gasteiger charge is 2.39. The molecule has 0 radical (unpaired) electrons. The Balaban J connectivity index is 1.18. The lowest BCUT2D eigenvalue weighted by atomic mass is 9.83. The van der Waals surface area contributed by atoms with Crippen LogP contribution in [0.3, 0.4) is 0 Å². The predicted molar refractivity (Wildman–Crippen MR) is 184 cm³/mol. The predicted octanol–water partition coefficient (Wildman–Crippen LogP) is 10.2. The fourth-order valence-electron chi connectivity index (χ4n) is 6.64. The SMILES string of the molecule is Cc1ccc(N(c2ccc(C)cc2)c2cc3c(cn2)-c2sc(C=C4C(=O)c5cc6ccccc6cc5C4=O)cc2C3(C)C)cc1. The second-order valence-electron chi connectivity index (χ2n) is 12.6. The second kappa shape index (κ2) is 9.94. The van der Waals surface area contributed by atoms with Gasteiger partial charge in [0.1, 0.15) is 5.82 Å². The second-order valence-corrected chi connectivity index (χ2v) is 13.7. The van der Waals surface area contributed by atoms with Crippen LogP contribution in [0.4, 0.5) is 17.2 Å². The van der Waals surface area contributed by atoms with Crippen molar-refractivity contribution in [2.75, 3.05) is 4.90 Å². The van der Waals surface area contributed by atoms with Gasteiger partial charge in [0, 0.05) is 49.4 Å². The molecular formula is C40H30N2O2S. The Hall–Kier alpha value is -5.13. The van der Waals surface area contributed by atoms with Gasteiger partial charge in [-0.2, -0.15) is 0 Å². The van der Waals surface area contributed by atoms with Gasteiger partial charge in [-0.3, -0.25) is 14.5 Å². The Morgan fingerprint density at radius 1 is 0.689 bits per heavy atom. The van der Waals surface area contributed by atoms with E-state index in [1.54, 1.807) is 17.4 Å². The summed E-state index contributed by atoms with van der Waals surface area (Å²) in [5, 5.41) is 1.92. The van der Waals surface area contributed by atoms with E-state index in [0.717, 1.165) is 43.3 Å². The van der Waals surface area contributed by atoms with Gasteiger partial charge in [-0.15, -0.1) is 11.3 Å². The average Bonchev–Trinajstić information content (AvgIpc) is 3.63. The molecule has 0 bridgehead atoms. The molecule has 8 rings (SSSR count). The van der Waals surface area contributed by atoms with Gasteiger partial charge in [-0.05, 0) is 90.4 Å². The number of hydrogen-bond acceptors (Lipinski definition) is 5. The molecule has 0 saturated heterocycles. The maximum absolute atomic E-state index is 13.4. The molecule has 218 valence electrons. The summed E-state index contributed by atoms with van der Waals surface area (Å²) in [5.41, 5.74) is 8.94. The molecule has 4 nitrogen and oxygen atoms in total. The first kappa shape index (κ1) is 27.4. The Labute approximate surface area is 266 Å². The maximum Gasteiger partial charge on any atom is 0.197 e. The van der Waals surface area contributed by atoms with Crippen LogP contribution in [-0.2, 0) is 5.41 Å². The van der Waals surface area contributed by atoms with Crippen LogP contribution in [0.5, 0.6) is 0 Å². The summed E-state index contributed by atoms with van der Waals surface area (Å²) in [7, 11) is 0. The number of carbonyl (C=O) groups excluding carboxylic acids is 2. The molecular weight excluding hydrogens is 573 g/mol. The van der Waals surface area contributed by atoms with Crippen LogP contribution in [0.25, 0.3) is 27.3 Å².